The van der Waals surface area contributed by atoms with E-state index in [1.165, 1.54) is 0 Å². The van der Waals surface area contributed by atoms with Crippen LogP contribution in [0.15, 0.2) is 60.7 Å². The third kappa shape index (κ3) is 4.31. The molecule has 0 aliphatic rings. The fraction of sp³-hybridized carbons (Fsp3) is 0.364. The second-order valence-electron chi connectivity index (χ2n) is 8.29. The van der Waals surface area contributed by atoms with E-state index in [2.05, 4.69) is 0 Å². The van der Waals surface area contributed by atoms with Crippen LogP contribution in [0, 0.1) is 0 Å². The van der Waals surface area contributed by atoms with Crippen molar-refractivity contribution in [2.45, 2.75) is 52.6 Å². The van der Waals surface area contributed by atoms with Crippen molar-refractivity contribution in [3.8, 4) is 0 Å². The SMILES string of the molecule is CC(C)(C)N(C(=O)C(=O)N(c1ccccc1)C(C)(C)C)c1ccccc1. The second-order valence-corrected chi connectivity index (χ2v) is 8.29. The predicted octanol–water partition coefficient (Wildman–Crippen LogP) is 4.65. The molecule has 4 nitrogen and oxygen atoms in total. The van der Waals surface area contributed by atoms with Crippen LogP contribution >= 0.6 is 0 Å². The minimum atomic E-state index is -0.539. The quantitative estimate of drug-likeness (QED) is 0.738. The van der Waals surface area contributed by atoms with Gasteiger partial charge in [-0.15, -0.1) is 0 Å². The van der Waals surface area contributed by atoms with E-state index in [9.17, 15) is 9.59 Å². The van der Waals surface area contributed by atoms with Gasteiger partial charge in [0.2, 0.25) is 0 Å². The molecule has 0 saturated carbocycles. The molecule has 0 aliphatic carbocycles. The molecule has 0 aromatic heterocycles. The maximum Gasteiger partial charge on any atom is 0.317 e. The normalized spacial score (nSPS) is 11.8. The number of nitrogens with zero attached hydrogens (tertiary/aromatic N) is 2. The summed E-state index contributed by atoms with van der Waals surface area (Å²) in [5.74, 6) is -1.08. The molecule has 2 rings (SSSR count). The van der Waals surface area contributed by atoms with Gasteiger partial charge in [0.15, 0.2) is 0 Å². The fourth-order valence-corrected chi connectivity index (χ4v) is 2.96. The summed E-state index contributed by atoms with van der Waals surface area (Å²) < 4.78 is 0. The third-order valence-electron chi connectivity index (χ3n) is 3.96. The second kappa shape index (κ2) is 7.32. The smallest absolute Gasteiger partial charge is 0.299 e. The lowest BCUT2D eigenvalue weighted by Gasteiger charge is -2.40. The van der Waals surface area contributed by atoms with Gasteiger partial charge in [-0.1, -0.05) is 36.4 Å². The topological polar surface area (TPSA) is 40.6 Å². The van der Waals surface area contributed by atoms with E-state index in [0.29, 0.717) is 11.4 Å². The van der Waals surface area contributed by atoms with Crippen molar-refractivity contribution in [3.63, 3.8) is 0 Å². The molecular formula is C22H28N2O2. The molecule has 0 atom stereocenters. The average molecular weight is 352 g/mol. The summed E-state index contributed by atoms with van der Waals surface area (Å²) in [6.45, 7) is 11.6. The Morgan fingerprint density at radius 2 is 0.846 bits per heavy atom. The van der Waals surface area contributed by atoms with Gasteiger partial charge in [-0.3, -0.25) is 19.4 Å². The van der Waals surface area contributed by atoms with Crippen LogP contribution < -0.4 is 9.80 Å². The lowest BCUT2D eigenvalue weighted by atomic mass is 10.0. The van der Waals surface area contributed by atoms with Gasteiger partial charge in [-0.05, 0) is 65.8 Å². The molecule has 0 N–H and O–H groups in total. The highest BCUT2D eigenvalue weighted by atomic mass is 16.2. The maximum absolute atomic E-state index is 13.3. The number of rotatable bonds is 2. The molecule has 0 aliphatic heterocycles. The van der Waals surface area contributed by atoms with Crippen molar-refractivity contribution in [2.24, 2.45) is 0 Å². The minimum absolute atomic E-state index is 0.533. The van der Waals surface area contributed by atoms with Crippen LogP contribution in [0.4, 0.5) is 11.4 Å². The first-order valence-electron chi connectivity index (χ1n) is 8.82. The molecule has 0 heterocycles. The molecular weight excluding hydrogens is 324 g/mol. The van der Waals surface area contributed by atoms with Crippen molar-refractivity contribution in [1.29, 1.82) is 0 Å². The molecule has 0 bridgehead atoms. The first-order valence-corrected chi connectivity index (χ1v) is 8.82. The minimum Gasteiger partial charge on any atom is -0.299 e. The zero-order valence-electron chi connectivity index (χ0n) is 16.5. The first kappa shape index (κ1) is 19.7. The van der Waals surface area contributed by atoms with Gasteiger partial charge >= 0.3 is 11.8 Å². The van der Waals surface area contributed by atoms with Crippen LogP contribution in [0.3, 0.4) is 0 Å². The first-order chi connectivity index (χ1) is 12.0. The van der Waals surface area contributed by atoms with Gasteiger partial charge in [0.1, 0.15) is 0 Å². The number of hydrogen-bond donors (Lipinski definition) is 0. The van der Waals surface area contributed by atoms with E-state index in [1.807, 2.05) is 102 Å². The molecule has 0 spiro atoms. The van der Waals surface area contributed by atoms with Gasteiger partial charge < -0.3 is 0 Å². The van der Waals surface area contributed by atoms with Crippen molar-refractivity contribution in [3.05, 3.63) is 60.7 Å². The zero-order valence-corrected chi connectivity index (χ0v) is 16.5. The number of anilines is 2. The molecule has 26 heavy (non-hydrogen) atoms. The number of benzene rings is 2. The van der Waals surface area contributed by atoms with Crippen molar-refractivity contribution in [1.82, 2.24) is 0 Å². The Morgan fingerprint density at radius 1 is 0.577 bits per heavy atom. The van der Waals surface area contributed by atoms with Crippen LogP contribution in [0.1, 0.15) is 41.5 Å². The Bertz CT molecular complexity index is 689. The van der Waals surface area contributed by atoms with Crippen LogP contribution in [-0.4, -0.2) is 22.9 Å². The highest BCUT2D eigenvalue weighted by molar-refractivity contribution is 6.45. The third-order valence-corrected chi connectivity index (χ3v) is 3.96. The van der Waals surface area contributed by atoms with Crippen LogP contribution in [0.5, 0.6) is 0 Å². The Balaban J connectivity index is 2.48. The van der Waals surface area contributed by atoms with Gasteiger partial charge in [-0.2, -0.15) is 0 Å². The number of hydrogen-bond acceptors (Lipinski definition) is 2. The van der Waals surface area contributed by atoms with Gasteiger partial charge in [0.05, 0.1) is 0 Å². The lowest BCUT2D eigenvalue weighted by molar-refractivity contribution is -0.137. The predicted molar refractivity (Wildman–Crippen MR) is 107 cm³/mol. The summed E-state index contributed by atoms with van der Waals surface area (Å²) in [4.78, 5) is 29.7. The fourth-order valence-electron chi connectivity index (χ4n) is 2.96. The van der Waals surface area contributed by atoms with Crippen LogP contribution in [0.25, 0.3) is 0 Å². The Kier molecular flexibility index (Phi) is 5.55. The number of amides is 2. The van der Waals surface area contributed by atoms with E-state index in [0.717, 1.165) is 0 Å². The van der Waals surface area contributed by atoms with Gasteiger partial charge in [0.25, 0.3) is 0 Å². The summed E-state index contributed by atoms with van der Waals surface area (Å²) in [5.41, 5.74) is 0.350. The van der Waals surface area contributed by atoms with E-state index < -0.39 is 22.9 Å². The molecule has 0 unspecified atom stereocenters. The van der Waals surface area contributed by atoms with Gasteiger partial charge in [0, 0.05) is 22.5 Å². The molecule has 138 valence electrons. The zero-order chi connectivity index (χ0) is 19.5. The van der Waals surface area contributed by atoms with E-state index in [4.69, 9.17) is 0 Å². The van der Waals surface area contributed by atoms with Gasteiger partial charge in [-0.25, -0.2) is 0 Å². The molecule has 2 amide bonds. The largest absolute Gasteiger partial charge is 0.317 e. The molecule has 2 aromatic rings. The van der Waals surface area contributed by atoms with Crippen LogP contribution in [0.2, 0.25) is 0 Å². The van der Waals surface area contributed by atoms with Crippen molar-refractivity contribution < 1.29 is 9.59 Å². The van der Waals surface area contributed by atoms with Crippen molar-refractivity contribution in [2.75, 3.05) is 9.80 Å². The number of carbonyl (C=O) groups excluding carboxylic acids is 2. The Morgan fingerprint density at radius 3 is 1.08 bits per heavy atom. The summed E-state index contributed by atoms with van der Waals surface area (Å²) in [6.07, 6.45) is 0. The average Bonchev–Trinajstić information content (AvgIpc) is 2.54. The monoisotopic (exact) mass is 352 g/mol. The lowest BCUT2D eigenvalue weighted by Crippen LogP contribution is -2.57. The summed E-state index contributed by atoms with van der Waals surface area (Å²) >= 11 is 0. The molecule has 2 aromatic carbocycles. The standard InChI is InChI=1S/C22H28N2O2/c1-21(2,3)23(17-13-9-7-10-14-17)19(25)20(26)24(22(4,5)6)18-15-11-8-12-16-18/h7-16H,1-6H3. The highest BCUT2D eigenvalue weighted by Crippen LogP contribution is 2.28. The molecule has 0 radical (unpaired) electrons. The summed E-state index contributed by atoms with van der Waals surface area (Å²) in [6, 6.07) is 18.6. The highest BCUT2D eigenvalue weighted by Gasteiger charge is 2.38. The maximum atomic E-state index is 13.3. The van der Waals surface area contributed by atoms with E-state index in [1.54, 1.807) is 9.80 Å². The molecule has 4 heteroatoms. The number of carbonyl (C=O) groups is 2. The Labute approximate surface area is 156 Å². The van der Waals surface area contributed by atoms with E-state index >= 15 is 0 Å². The summed E-state index contributed by atoms with van der Waals surface area (Å²) in [7, 11) is 0. The summed E-state index contributed by atoms with van der Waals surface area (Å²) in [5, 5.41) is 0. The van der Waals surface area contributed by atoms with E-state index in [-0.39, 0.29) is 0 Å². The Hall–Kier alpha value is -2.62. The number of para-hydroxylation sites is 2. The molecule has 0 fully saturated rings. The van der Waals surface area contributed by atoms with Crippen LogP contribution in [-0.2, 0) is 9.59 Å². The molecule has 0 saturated heterocycles. The van der Waals surface area contributed by atoms with Crippen molar-refractivity contribution >= 4 is 23.2 Å².